The van der Waals surface area contributed by atoms with Gasteiger partial charge in [-0.3, -0.25) is 4.79 Å². The Morgan fingerprint density at radius 1 is 1.10 bits per heavy atom. The summed E-state index contributed by atoms with van der Waals surface area (Å²) >= 11 is 0. The predicted octanol–water partition coefficient (Wildman–Crippen LogP) is 2.77. The van der Waals surface area contributed by atoms with Gasteiger partial charge in [-0.15, -0.1) is 0 Å². The monoisotopic (exact) mass is 272 g/mol. The average Bonchev–Trinajstić information content (AvgIpc) is 2.48. The van der Waals surface area contributed by atoms with Crippen LogP contribution in [0.4, 0.5) is 8.78 Å². The van der Waals surface area contributed by atoms with Gasteiger partial charge in [-0.25, -0.2) is 8.78 Å². The van der Waals surface area contributed by atoms with Crippen LogP contribution in [-0.2, 0) is 6.54 Å². The second kappa shape index (κ2) is 5.93. The lowest BCUT2D eigenvalue weighted by atomic mass is 10.1. The van der Waals surface area contributed by atoms with E-state index in [-0.39, 0.29) is 12.1 Å². The Bertz CT molecular complexity index is 675. The first-order valence-electron chi connectivity index (χ1n) is 5.82. The molecule has 20 heavy (non-hydrogen) atoms. The topological polar surface area (TPSA) is 52.9 Å². The smallest absolute Gasteiger partial charge is 0.251 e. The van der Waals surface area contributed by atoms with Gasteiger partial charge in [0.1, 0.15) is 0 Å². The molecule has 0 aliphatic carbocycles. The molecule has 0 aliphatic rings. The maximum Gasteiger partial charge on any atom is 0.251 e. The van der Waals surface area contributed by atoms with Crippen LogP contribution in [0, 0.1) is 23.0 Å². The highest BCUT2D eigenvalue weighted by Gasteiger charge is 2.09. The third-order valence-electron chi connectivity index (χ3n) is 2.72. The summed E-state index contributed by atoms with van der Waals surface area (Å²) in [6, 6.07) is 11.7. The Morgan fingerprint density at radius 3 is 2.40 bits per heavy atom. The SMILES string of the molecule is N#Cc1ccc(CNC(=O)c2ccc(F)c(F)c2)cc1. The van der Waals surface area contributed by atoms with Crippen LogP contribution in [0.2, 0.25) is 0 Å². The summed E-state index contributed by atoms with van der Waals surface area (Å²) in [5, 5.41) is 11.2. The largest absolute Gasteiger partial charge is 0.348 e. The van der Waals surface area contributed by atoms with Crippen molar-refractivity contribution >= 4 is 5.91 Å². The molecule has 0 fully saturated rings. The fourth-order valence-corrected chi connectivity index (χ4v) is 1.62. The number of nitriles is 1. The molecule has 2 aromatic carbocycles. The molecule has 1 amide bonds. The van der Waals surface area contributed by atoms with E-state index in [2.05, 4.69) is 5.32 Å². The highest BCUT2D eigenvalue weighted by molar-refractivity contribution is 5.94. The predicted molar refractivity (Wildman–Crippen MR) is 68.7 cm³/mol. The Balaban J connectivity index is 2.01. The molecule has 0 bridgehead atoms. The van der Waals surface area contributed by atoms with Crippen molar-refractivity contribution in [2.24, 2.45) is 0 Å². The van der Waals surface area contributed by atoms with Gasteiger partial charge in [-0.1, -0.05) is 12.1 Å². The molecule has 0 saturated heterocycles. The maximum absolute atomic E-state index is 13.0. The fraction of sp³-hybridized carbons (Fsp3) is 0.0667. The fourth-order valence-electron chi connectivity index (χ4n) is 1.62. The average molecular weight is 272 g/mol. The zero-order valence-electron chi connectivity index (χ0n) is 10.4. The molecule has 1 N–H and O–H groups in total. The van der Waals surface area contributed by atoms with Crippen molar-refractivity contribution in [1.29, 1.82) is 5.26 Å². The van der Waals surface area contributed by atoms with E-state index >= 15 is 0 Å². The van der Waals surface area contributed by atoms with Crippen LogP contribution in [0.3, 0.4) is 0 Å². The van der Waals surface area contributed by atoms with Gasteiger partial charge in [0, 0.05) is 12.1 Å². The van der Waals surface area contributed by atoms with E-state index < -0.39 is 17.5 Å². The minimum Gasteiger partial charge on any atom is -0.348 e. The molecule has 0 atom stereocenters. The normalized spacial score (nSPS) is 9.85. The summed E-state index contributed by atoms with van der Waals surface area (Å²) in [4.78, 5) is 11.8. The van der Waals surface area contributed by atoms with Crippen LogP contribution in [0.5, 0.6) is 0 Å². The zero-order valence-corrected chi connectivity index (χ0v) is 10.4. The van der Waals surface area contributed by atoms with E-state index in [4.69, 9.17) is 5.26 Å². The van der Waals surface area contributed by atoms with Crippen molar-refractivity contribution in [3.63, 3.8) is 0 Å². The van der Waals surface area contributed by atoms with Crippen molar-refractivity contribution in [1.82, 2.24) is 5.32 Å². The molecule has 2 rings (SSSR count). The van der Waals surface area contributed by atoms with Gasteiger partial charge >= 0.3 is 0 Å². The van der Waals surface area contributed by atoms with Crippen molar-refractivity contribution in [3.8, 4) is 6.07 Å². The molecular formula is C15H10F2N2O. The Hall–Kier alpha value is -2.74. The second-order valence-electron chi connectivity index (χ2n) is 4.12. The molecule has 0 unspecified atom stereocenters. The summed E-state index contributed by atoms with van der Waals surface area (Å²) in [7, 11) is 0. The van der Waals surface area contributed by atoms with Crippen molar-refractivity contribution < 1.29 is 13.6 Å². The Morgan fingerprint density at radius 2 is 1.80 bits per heavy atom. The van der Waals surface area contributed by atoms with Crippen LogP contribution in [-0.4, -0.2) is 5.91 Å². The van der Waals surface area contributed by atoms with Gasteiger partial charge in [0.25, 0.3) is 5.91 Å². The van der Waals surface area contributed by atoms with Gasteiger partial charge in [0.2, 0.25) is 0 Å². The number of hydrogen-bond donors (Lipinski definition) is 1. The molecule has 5 heteroatoms. The van der Waals surface area contributed by atoms with E-state index in [0.717, 1.165) is 17.7 Å². The number of hydrogen-bond acceptors (Lipinski definition) is 2. The number of carbonyl (C=O) groups excluding carboxylic acids is 1. The van der Waals surface area contributed by atoms with E-state index in [9.17, 15) is 13.6 Å². The van der Waals surface area contributed by atoms with Crippen molar-refractivity contribution in [3.05, 3.63) is 70.8 Å². The molecule has 0 heterocycles. The lowest BCUT2D eigenvalue weighted by Crippen LogP contribution is -2.22. The number of benzene rings is 2. The number of rotatable bonds is 3. The van der Waals surface area contributed by atoms with Gasteiger partial charge < -0.3 is 5.32 Å². The number of carbonyl (C=O) groups is 1. The first kappa shape index (κ1) is 13.7. The first-order valence-corrected chi connectivity index (χ1v) is 5.82. The highest BCUT2D eigenvalue weighted by Crippen LogP contribution is 2.09. The summed E-state index contributed by atoms with van der Waals surface area (Å²) < 4.78 is 25.8. The van der Waals surface area contributed by atoms with Gasteiger partial charge in [0.05, 0.1) is 11.6 Å². The molecule has 0 radical (unpaired) electrons. The lowest BCUT2D eigenvalue weighted by Gasteiger charge is -2.06. The van der Waals surface area contributed by atoms with Crippen LogP contribution in [0.1, 0.15) is 21.5 Å². The summed E-state index contributed by atoms with van der Waals surface area (Å²) in [5.74, 6) is -2.54. The second-order valence-corrected chi connectivity index (χ2v) is 4.12. The lowest BCUT2D eigenvalue weighted by molar-refractivity contribution is 0.0950. The summed E-state index contributed by atoms with van der Waals surface area (Å²) in [6.45, 7) is 0.240. The number of amides is 1. The van der Waals surface area contributed by atoms with E-state index in [0.29, 0.717) is 5.56 Å². The molecule has 0 spiro atoms. The Kier molecular flexibility index (Phi) is 4.06. The van der Waals surface area contributed by atoms with E-state index in [1.165, 1.54) is 6.07 Å². The number of halogens is 2. The van der Waals surface area contributed by atoms with Crippen molar-refractivity contribution in [2.75, 3.05) is 0 Å². The maximum atomic E-state index is 13.0. The first-order chi connectivity index (χ1) is 9.60. The van der Waals surface area contributed by atoms with Crippen molar-refractivity contribution in [2.45, 2.75) is 6.54 Å². The van der Waals surface area contributed by atoms with E-state index in [1.54, 1.807) is 24.3 Å². The van der Waals surface area contributed by atoms with Gasteiger partial charge in [-0.05, 0) is 35.9 Å². The standard InChI is InChI=1S/C15H10F2N2O/c16-13-6-5-12(7-14(13)17)15(20)19-9-11-3-1-10(8-18)2-4-11/h1-7H,9H2,(H,19,20). The number of nitrogens with one attached hydrogen (secondary N) is 1. The van der Waals surface area contributed by atoms with Crippen LogP contribution >= 0.6 is 0 Å². The third-order valence-corrected chi connectivity index (χ3v) is 2.72. The van der Waals surface area contributed by atoms with Crippen LogP contribution in [0.25, 0.3) is 0 Å². The van der Waals surface area contributed by atoms with Crippen LogP contribution < -0.4 is 5.32 Å². The molecule has 0 aromatic heterocycles. The van der Waals surface area contributed by atoms with Gasteiger partial charge in [-0.2, -0.15) is 5.26 Å². The molecule has 2 aromatic rings. The molecule has 0 saturated carbocycles. The third kappa shape index (κ3) is 3.18. The van der Waals surface area contributed by atoms with Crippen LogP contribution in [0.15, 0.2) is 42.5 Å². The minimum absolute atomic E-state index is 0.0533. The number of nitrogens with zero attached hydrogens (tertiary/aromatic N) is 1. The minimum atomic E-state index is -1.06. The molecule has 100 valence electrons. The quantitative estimate of drug-likeness (QED) is 0.934. The summed E-state index contributed by atoms with van der Waals surface area (Å²) in [5.41, 5.74) is 1.39. The zero-order chi connectivity index (χ0) is 14.5. The molecule has 0 aliphatic heterocycles. The Labute approximate surface area is 114 Å². The summed E-state index contributed by atoms with van der Waals surface area (Å²) in [6.07, 6.45) is 0. The molecule has 3 nitrogen and oxygen atoms in total. The molecular weight excluding hydrogens is 262 g/mol. The van der Waals surface area contributed by atoms with Gasteiger partial charge in [0.15, 0.2) is 11.6 Å². The highest BCUT2D eigenvalue weighted by atomic mass is 19.2. The van der Waals surface area contributed by atoms with E-state index in [1.807, 2.05) is 6.07 Å².